The van der Waals surface area contributed by atoms with Crippen LogP contribution in [0.25, 0.3) is 0 Å². The minimum atomic E-state index is -0.867. The standard InChI is InChI=1S/C11H14ClNO2/c1-7(13-8(2)11(14)15)9-5-3-4-6-10(9)12/h3-8,13H,1-2H3,(H,14,15). The second kappa shape index (κ2) is 5.14. The van der Waals surface area contributed by atoms with Gasteiger partial charge in [-0.25, -0.2) is 0 Å². The lowest BCUT2D eigenvalue weighted by atomic mass is 10.1. The molecule has 82 valence electrons. The molecule has 0 aromatic heterocycles. The fraction of sp³-hybridized carbons (Fsp3) is 0.364. The van der Waals surface area contributed by atoms with Gasteiger partial charge in [-0.3, -0.25) is 10.1 Å². The number of aliphatic carboxylic acids is 1. The van der Waals surface area contributed by atoms with Gasteiger partial charge in [0.15, 0.2) is 0 Å². The fourth-order valence-electron chi connectivity index (χ4n) is 1.36. The van der Waals surface area contributed by atoms with Gasteiger partial charge in [0.2, 0.25) is 0 Å². The summed E-state index contributed by atoms with van der Waals surface area (Å²) in [7, 11) is 0. The maximum atomic E-state index is 10.7. The number of rotatable bonds is 4. The van der Waals surface area contributed by atoms with E-state index in [1.165, 1.54) is 0 Å². The highest BCUT2D eigenvalue weighted by Crippen LogP contribution is 2.22. The Morgan fingerprint density at radius 1 is 1.40 bits per heavy atom. The highest BCUT2D eigenvalue weighted by molar-refractivity contribution is 6.31. The van der Waals surface area contributed by atoms with Crippen molar-refractivity contribution in [3.8, 4) is 0 Å². The predicted octanol–water partition coefficient (Wildman–Crippen LogP) is 2.46. The monoisotopic (exact) mass is 227 g/mol. The molecule has 15 heavy (non-hydrogen) atoms. The van der Waals surface area contributed by atoms with Gasteiger partial charge in [-0.05, 0) is 25.5 Å². The number of carboxylic acids is 1. The molecule has 0 aliphatic rings. The molecule has 3 nitrogen and oxygen atoms in total. The molecule has 0 saturated heterocycles. The summed E-state index contributed by atoms with van der Waals surface area (Å²) in [6.07, 6.45) is 0. The number of hydrogen-bond acceptors (Lipinski definition) is 2. The van der Waals surface area contributed by atoms with Crippen molar-refractivity contribution in [2.75, 3.05) is 0 Å². The van der Waals surface area contributed by atoms with Crippen LogP contribution in [0.1, 0.15) is 25.5 Å². The summed E-state index contributed by atoms with van der Waals surface area (Å²) in [5.74, 6) is -0.867. The first-order chi connectivity index (χ1) is 7.02. The van der Waals surface area contributed by atoms with Crippen molar-refractivity contribution < 1.29 is 9.90 Å². The number of hydrogen-bond donors (Lipinski definition) is 2. The van der Waals surface area contributed by atoms with Crippen LogP contribution in [0.15, 0.2) is 24.3 Å². The molecule has 1 aromatic carbocycles. The molecule has 0 aliphatic heterocycles. The van der Waals surface area contributed by atoms with Crippen LogP contribution >= 0.6 is 11.6 Å². The first-order valence-corrected chi connectivity index (χ1v) is 5.13. The highest BCUT2D eigenvalue weighted by Gasteiger charge is 2.16. The molecule has 2 N–H and O–H groups in total. The van der Waals surface area contributed by atoms with Gasteiger partial charge in [0, 0.05) is 11.1 Å². The van der Waals surface area contributed by atoms with Gasteiger partial charge in [0.1, 0.15) is 6.04 Å². The largest absolute Gasteiger partial charge is 0.480 e. The van der Waals surface area contributed by atoms with Crippen LogP contribution in [-0.4, -0.2) is 17.1 Å². The molecule has 0 heterocycles. The normalized spacial score (nSPS) is 14.6. The average molecular weight is 228 g/mol. The summed E-state index contributed by atoms with van der Waals surface area (Å²) >= 11 is 5.99. The zero-order valence-electron chi connectivity index (χ0n) is 8.70. The van der Waals surface area contributed by atoms with Crippen LogP contribution in [0.3, 0.4) is 0 Å². The van der Waals surface area contributed by atoms with Crippen molar-refractivity contribution >= 4 is 17.6 Å². The molecule has 0 radical (unpaired) electrons. The van der Waals surface area contributed by atoms with Crippen LogP contribution in [0.2, 0.25) is 5.02 Å². The third-order valence-corrected chi connectivity index (χ3v) is 2.59. The Labute approximate surface area is 94.1 Å². The van der Waals surface area contributed by atoms with E-state index in [1.807, 2.05) is 25.1 Å². The molecular formula is C11H14ClNO2. The Morgan fingerprint density at radius 3 is 2.53 bits per heavy atom. The molecule has 0 saturated carbocycles. The van der Waals surface area contributed by atoms with E-state index < -0.39 is 12.0 Å². The SMILES string of the molecule is CC(NC(C)c1ccccc1Cl)C(=O)O. The Kier molecular flexibility index (Phi) is 4.12. The second-order valence-electron chi connectivity index (χ2n) is 3.47. The van der Waals surface area contributed by atoms with Crippen molar-refractivity contribution in [3.63, 3.8) is 0 Å². The van der Waals surface area contributed by atoms with Crippen LogP contribution in [0.5, 0.6) is 0 Å². The Morgan fingerprint density at radius 2 is 2.00 bits per heavy atom. The van der Waals surface area contributed by atoms with Crippen LogP contribution in [-0.2, 0) is 4.79 Å². The van der Waals surface area contributed by atoms with Gasteiger partial charge in [-0.1, -0.05) is 29.8 Å². The fourth-order valence-corrected chi connectivity index (χ4v) is 1.66. The van der Waals surface area contributed by atoms with Crippen molar-refractivity contribution in [3.05, 3.63) is 34.9 Å². The summed E-state index contributed by atoms with van der Waals surface area (Å²) < 4.78 is 0. The minimum Gasteiger partial charge on any atom is -0.480 e. The molecule has 0 amide bonds. The van der Waals surface area contributed by atoms with E-state index >= 15 is 0 Å². The quantitative estimate of drug-likeness (QED) is 0.831. The van der Waals surface area contributed by atoms with Crippen molar-refractivity contribution in [2.24, 2.45) is 0 Å². The van der Waals surface area contributed by atoms with Gasteiger partial charge in [0.05, 0.1) is 0 Å². The smallest absolute Gasteiger partial charge is 0.320 e. The Balaban J connectivity index is 2.73. The van der Waals surface area contributed by atoms with Gasteiger partial charge in [-0.2, -0.15) is 0 Å². The number of benzene rings is 1. The predicted molar refractivity (Wildman–Crippen MR) is 60.1 cm³/mol. The maximum Gasteiger partial charge on any atom is 0.320 e. The highest BCUT2D eigenvalue weighted by atomic mass is 35.5. The maximum absolute atomic E-state index is 10.7. The number of nitrogens with one attached hydrogen (secondary N) is 1. The van der Waals surface area contributed by atoms with Crippen molar-refractivity contribution in [1.29, 1.82) is 0 Å². The average Bonchev–Trinajstić information content (AvgIpc) is 2.18. The first-order valence-electron chi connectivity index (χ1n) is 4.75. The summed E-state index contributed by atoms with van der Waals surface area (Å²) in [6, 6.07) is 6.74. The second-order valence-corrected chi connectivity index (χ2v) is 3.88. The third kappa shape index (κ3) is 3.22. The zero-order valence-corrected chi connectivity index (χ0v) is 9.45. The Bertz CT molecular complexity index is 354. The van der Waals surface area contributed by atoms with Gasteiger partial charge in [-0.15, -0.1) is 0 Å². The molecule has 4 heteroatoms. The molecule has 0 bridgehead atoms. The molecular weight excluding hydrogens is 214 g/mol. The van der Waals surface area contributed by atoms with E-state index in [4.69, 9.17) is 16.7 Å². The summed E-state index contributed by atoms with van der Waals surface area (Å²) in [6.45, 7) is 3.50. The minimum absolute atomic E-state index is 0.0789. The topological polar surface area (TPSA) is 49.3 Å². The lowest BCUT2D eigenvalue weighted by molar-refractivity contribution is -0.139. The molecule has 1 aromatic rings. The van der Waals surface area contributed by atoms with Crippen LogP contribution < -0.4 is 5.32 Å². The van der Waals surface area contributed by atoms with E-state index in [0.717, 1.165) is 5.56 Å². The lowest BCUT2D eigenvalue weighted by Gasteiger charge is -2.18. The van der Waals surface area contributed by atoms with E-state index in [9.17, 15) is 4.79 Å². The summed E-state index contributed by atoms with van der Waals surface area (Å²) in [5.41, 5.74) is 0.910. The van der Waals surface area contributed by atoms with Crippen molar-refractivity contribution in [1.82, 2.24) is 5.32 Å². The van der Waals surface area contributed by atoms with Crippen LogP contribution in [0, 0.1) is 0 Å². The van der Waals surface area contributed by atoms with E-state index in [2.05, 4.69) is 5.32 Å². The molecule has 0 spiro atoms. The van der Waals surface area contributed by atoms with Crippen LogP contribution in [0.4, 0.5) is 0 Å². The Hall–Kier alpha value is -1.06. The summed E-state index contributed by atoms with van der Waals surface area (Å²) in [5, 5.41) is 12.4. The lowest BCUT2D eigenvalue weighted by Crippen LogP contribution is -2.35. The molecule has 0 fully saturated rings. The van der Waals surface area contributed by atoms with Gasteiger partial charge in [0.25, 0.3) is 0 Å². The van der Waals surface area contributed by atoms with E-state index in [-0.39, 0.29) is 6.04 Å². The molecule has 2 unspecified atom stereocenters. The third-order valence-electron chi connectivity index (χ3n) is 2.24. The number of carboxylic acid groups (broad SMARTS) is 1. The summed E-state index contributed by atoms with van der Waals surface area (Å²) in [4.78, 5) is 10.7. The number of halogens is 1. The number of carbonyl (C=O) groups is 1. The first kappa shape index (κ1) is 12.0. The van der Waals surface area contributed by atoms with E-state index in [0.29, 0.717) is 5.02 Å². The zero-order chi connectivity index (χ0) is 11.4. The van der Waals surface area contributed by atoms with E-state index in [1.54, 1.807) is 13.0 Å². The van der Waals surface area contributed by atoms with Crippen molar-refractivity contribution in [2.45, 2.75) is 25.9 Å². The van der Waals surface area contributed by atoms with Gasteiger partial charge < -0.3 is 5.11 Å². The van der Waals surface area contributed by atoms with Gasteiger partial charge >= 0.3 is 5.97 Å². The molecule has 2 atom stereocenters. The molecule has 0 aliphatic carbocycles. The molecule has 1 rings (SSSR count).